The number of rotatable bonds is 6. The van der Waals surface area contributed by atoms with Gasteiger partial charge in [-0.3, -0.25) is 10.1 Å². The molecule has 0 fully saturated rings. The number of aryl methyl sites for hydroxylation is 1. The molecule has 0 aromatic heterocycles. The molecule has 21 heavy (non-hydrogen) atoms. The van der Waals surface area contributed by atoms with Crippen LogP contribution in [0.15, 0.2) is 48.5 Å². The molecule has 5 heteroatoms. The fraction of sp³-hybridized carbons (Fsp3) is 0.250. The normalized spacial score (nSPS) is 12.1. The highest BCUT2D eigenvalue weighted by atomic mass is 16.6. The number of hydrogen-bond donors (Lipinski definition) is 2. The molecule has 0 aliphatic heterocycles. The Bertz CT molecular complexity index is 611. The maximum atomic E-state index is 10.9. The number of nitrogens with zero attached hydrogens (tertiary/aromatic N) is 1. The second-order valence-electron chi connectivity index (χ2n) is 4.94. The van der Waals surface area contributed by atoms with E-state index in [0.717, 1.165) is 11.1 Å². The Kier molecular flexibility index (Phi) is 5.03. The summed E-state index contributed by atoms with van der Waals surface area (Å²) in [4.78, 5) is 10.5. The predicted octanol–water partition coefficient (Wildman–Crippen LogP) is 2.73. The predicted molar refractivity (Wildman–Crippen MR) is 80.9 cm³/mol. The van der Waals surface area contributed by atoms with Crippen molar-refractivity contribution >= 4 is 5.69 Å². The van der Waals surface area contributed by atoms with E-state index in [9.17, 15) is 15.2 Å². The van der Waals surface area contributed by atoms with Crippen molar-refractivity contribution in [3.05, 3.63) is 75.3 Å². The molecule has 110 valence electrons. The molecule has 0 heterocycles. The zero-order valence-corrected chi connectivity index (χ0v) is 11.8. The minimum Gasteiger partial charge on any atom is -0.387 e. The minimum absolute atomic E-state index is 0.0924. The average Bonchev–Trinajstić information content (AvgIpc) is 2.48. The Morgan fingerprint density at radius 3 is 2.52 bits per heavy atom. The fourth-order valence-electron chi connectivity index (χ4n) is 2.09. The van der Waals surface area contributed by atoms with Crippen LogP contribution in [-0.4, -0.2) is 16.6 Å². The number of para-hydroxylation sites is 1. The second-order valence-corrected chi connectivity index (χ2v) is 4.94. The van der Waals surface area contributed by atoms with Crippen molar-refractivity contribution in [1.82, 2.24) is 5.32 Å². The van der Waals surface area contributed by atoms with Gasteiger partial charge in [-0.2, -0.15) is 0 Å². The van der Waals surface area contributed by atoms with E-state index < -0.39 is 11.0 Å². The summed E-state index contributed by atoms with van der Waals surface area (Å²) < 4.78 is 0. The average molecular weight is 286 g/mol. The Labute approximate surface area is 123 Å². The molecule has 1 atom stereocenters. The number of benzene rings is 2. The molecule has 0 spiro atoms. The summed E-state index contributed by atoms with van der Waals surface area (Å²) in [5.41, 5.74) is 2.67. The van der Waals surface area contributed by atoms with Gasteiger partial charge in [-0.05, 0) is 12.5 Å². The molecule has 0 amide bonds. The molecule has 2 N–H and O–H groups in total. The third kappa shape index (κ3) is 4.11. The number of aliphatic hydroxyl groups excluding tert-OH is 1. The maximum absolute atomic E-state index is 10.9. The van der Waals surface area contributed by atoms with Crippen LogP contribution in [0.25, 0.3) is 0 Å². The van der Waals surface area contributed by atoms with Gasteiger partial charge in [-0.25, -0.2) is 0 Å². The zero-order valence-electron chi connectivity index (χ0n) is 11.8. The molecule has 0 radical (unpaired) electrons. The monoisotopic (exact) mass is 286 g/mol. The van der Waals surface area contributed by atoms with E-state index >= 15 is 0 Å². The van der Waals surface area contributed by atoms with Gasteiger partial charge in [0.25, 0.3) is 5.69 Å². The molecule has 0 bridgehead atoms. The molecule has 0 aliphatic carbocycles. The molecule has 2 aromatic carbocycles. The van der Waals surface area contributed by atoms with E-state index in [0.29, 0.717) is 18.7 Å². The van der Waals surface area contributed by atoms with Gasteiger partial charge in [0.15, 0.2) is 0 Å². The van der Waals surface area contributed by atoms with Gasteiger partial charge >= 0.3 is 0 Å². The van der Waals surface area contributed by atoms with Gasteiger partial charge in [-0.15, -0.1) is 0 Å². The summed E-state index contributed by atoms with van der Waals surface area (Å²) in [5.74, 6) is 0. The molecule has 2 aromatic rings. The van der Waals surface area contributed by atoms with Crippen LogP contribution in [0.1, 0.15) is 22.8 Å². The number of nitro benzene ring substituents is 1. The topological polar surface area (TPSA) is 75.4 Å². The molecule has 0 aliphatic rings. The van der Waals surface area contributed by atoms with Crippen molar-refractivity contribution in [2.75, 3.05) is 6.54 Å². The summed E-state index contributed by atoms with van der Waals surface area (Å²) in [6.45, 7) is 2.68. The van der Waals surface area contributed by atoms with Crippen LogP contribution in [0.4, 0.5) is 5.69 Å². The first-order valence-corrected chi connectivity index (χ1v) is 6.75. The highest BCUT2D eigenvalue weighted by molar-refractivity contribution is 5.39. The Hall–Kier alpha value is -2.24. The molecule has 1 unspecified atom stereocenters. The zero-order chi connectivity index (χ0) is 15.2. The third-order valence-electron chi connectivity index (χ3n) is 3.30. The highest BCUT2D eigenvalue weighted by Gasteiger charge is 2.12. The van der Waals surface area contributed by atoms with Gasteiger partial charge in [0, 0.05) is 24.7 Å². The first-order chi connectivity index (χ1) is 10.1. The van der Waals surface area contributed by atoms with Crippen LogP contribution in [0.5, 0.6) is 0 Å². The summed E-state index contributed by atoms with van der Waals surface area (Å²) in [7, 11) is 0. The first-order valence-electron chi connectivity index (χ1n) is 6.75. The summed E-state index contributed by atoms with van der Waals surface area (Å²) in [6.07, 6.45) is -0.631. The molecule has 0 saturated carbocycles. The molecule has 5 nitrogen and oxygen atoms in total. The lowest BCUT2D eigenvalue weighted by Gasteiger charge is -2.12. The summed E-state index contributed by atoms with van der Waals surface area (Å²) >= 11 is 0. The Morgan fingerprint density at radius 2 is 1.86 bits per heavy atom. The Balaban J connectivity index is 1.92. The van der Waals surface area contributed by atoms with Gasteiger partial charge in [0.2, 0.25) is 0 Å². The molecule has 0 saturated heterocycles. The van der Waals surface area contributed by atoms with Gasteiger partial charge in [0.1, 0.15) is 0 Å². The van der Waals surface area contributed by atoms with Crippen LogP contribution in [-0.2, 0) is 6.54 Å². The smallest absolute Gasteiger partial charge is 0.273 e. The quantitative estimate of drug-likeness (QED) is 0.632. The lowest BCUT2D eigenvalue weighted by Crippen LogP contribution is -2.21. The standard InChI is InChI=1S/C16H18N2O3/c1-12-6-8-13(9-7-12)16(19)11-17-10-14-4-2-3-5-15(14)18(20)21/h2-9,16-17,19H,10-11H2,1H3. The number of hydrogen-bond acceptors (Lipinski definition) is 4. The minimum atomic E-state index is -0.631. The van der Waals surface area contributed by atoms with E-state index in [1.54, 1.807) is 18.2 Å². The van der Waals surface area contributed by atoms with Gasteiger partial charge in [-0.1, -0.05) is 48.0 Å². The van der Waals surface area contributed by atoms with Crippen LogP contribution in [0.2, 0.25) is 0 Å². The molecule has 2 rings (SSSR count). The summed E-state index contributed by atoms with van der Waals surface area (Å²) in [6, 6.07) is 14.3. The van der Waals surface area contributed by atoms with Crippen molar-refractivity contribution in [2.45, 2.75) is 19.6 Å². The van der Waals surface area contributed by atoms with Crippen molar-refractivity contribution < 1.29 is 10.0 Å². The van der Waals surface area contributed by atoms with E-state index in [2.05, 4.69) is 5.32 Å². The third-order valence-corrected chi connectivity index (χ3v) is 3.30. The van der Waals surface area contributed by atoms with Crippen LogP contribution in [0, 0.1) is 17.0 Å². The van der Waals surface area contributed by atoms with E-state index in [1.807, 2.05) is 31.2 Å². The fourth-order valence-corrected chi connectivity index (χ4v) is 2.09. The van der Waals surface area contributed by atoms with Crippen molar-refractivity contribution in [2.24, 2.45) is 0 Å². The van der Waals surface area contributed by atoms with Crippen molar-refractivity contribution in [1.29, 1.82) is 0 Å². The van der Waals surface area contributed by atoms with Crippen molar-refractivity contribution in [3.8, 4) is 0 Å². The summed E-state index contributed by atoms with van der Waals surface area (Å²) in [5, 5.41) is 24.0. The van der Waals surface area contributed by atoms with Gasteiger partial charge in [0.05, 0.1) is 11.0 Å². The van der Waals surface area contributed by atoms with Crippen LogP contribution < -0.4 is 5.32 Å². The van der Waals surface area contributed by atoms with Crippen LogP contribution in [0.3, 0.4) is 0 Å². The van der Waals surface area contributed by atoms with E-state index in [-0.39, 0.29) is 5.69 Å². The maximum Gasteiger partial charge on any atom is 0.273 e. The first kappa shape index (κ1) is 15.2. The number of nitro groups is 1. The Morgan fingerprint density at radius 1 is 1.19 bits per heavy atom. The lowest BCUT2D eigenvalue weighted by molar-refractivity contribution is -0.385. The highest BCUT2D eigenvalue weighted by Crippen LogP contribution is 2.18. The van der Waals surface area contributed by atoms with Crippen LogP contribution >= 0.6 is 0 Å². The van der Waals surface area contributed by atoms with Crippen molar-refractivity contribution in [3.63, 3.8) is 0 Å². The lowest BCUT2D eigenvalue weighted by atomic mass is 10.1. The molecular weight excluding hydrogens is 268 g/mol. The van der Waals surface area contributed by atoms with E-state index in [4.69, 9.17) is 0 Å². The van der Waals surface area contributed by atoms with Gasteiger partial charge < -0.3 is 10.4 Å². The molecular formula is C16H18N2O3. The second kappa shape index (κ2) is 6.97. The number of aliphatic hydroxyl groups is 1. The SMILES string of the molecule is Cc1ccc(C(O)CNCc2ccccc2[N+](=O)[O-])cc1. The largest absolute Gasteiger partial charge is 0.387 e. The van der Waals surface area contributed by atoms with E-state index in [1.165, 1.54) is 6.07 Å². The number of nitrogens with one attached hydrogen (secondary N) is 1.